The normalized spacial score (nSPS) is 12.4. The monoisotopic (exact) mass is 458 g/mol. The third-order valence-corrected chi connectivity index (χ3v) is 3.59. The molecule has 0 saturated heterocycles. The molecular formula is C18H27IN4O2. The van der Waals surface area contributed by atoms with Gasteiger partial charge in [-0.2, -0.15) is 0 Å². The molecule has 1 atom stereocenters. The molecule has 0 aliphatic heterocycles. The molecular weight excluding hydrogens is 431 g/mol. The Morgan fingerprint density at radius 2 is 1.92 bits per heavy atom. The second-order valence-corrected chi connectivity index (χ2v) is 5.54. The molecule has 7 heteroatoms. The third kappa shape index (κ3) is 7.35. The van der Waals surface area contributed by atoms with Crippen LogP contribution in [0.25, 0.3) is 0 Å². The first-order chi connectivity index (χ1) is 11.7. The van der Waals surface area contributed by atoms with Gasteiger partial charge in [-0.15, -0.1) is 24.0 Å². The van der Waals surface area contributed by atoms with Crippen LogP contribution in [0.3, 0.4) is 0 Å². The fourth-order valence-electron chi connectivity index (χ4n) is 2.29. The van der Waals surface area contributed by atoms with Crippen LogP contribution in [-0.2, 0) is 0 Å². The lowest BCUT2D eigenvalue weighted by Crippen LogP contribution is -2.42. The molecule has 6 nitrogen and oxygen atoms in total. The van der Waals surface area contributed by atoms with E-state index in [4.69, 9.17) is 9.15 Å². The molecule has 1 aromatic heterocycles. The highest BCUT2D eigenvalue weighted by Crippen LogP contribution is 2.17. The van der Waals surface area contributed by atoms with Crippen LogP contribution >= 0.6 is 24.0 Å². The van der Waals surface area contributed by atoms with Gasteiger partial charge >= 0.3 is 0 Å². The van der Waals surface area contributed by atoms with Crippen LogP contribution in [0.1, 0.15) is 11.8 Å². The lowest BCUT2D eigenvalue weighted by Gasteiger charge is -2.23. The number of likely N-dealkylation sites (N-methyl/N-ethyl adjacent to an activating group) is 1. The smallest absolute Gasteiger partial charge is 0.191 e. The number of halogens is 1. The summed E-state index contributed by atoms with van der Waals surface area (Å²) in [5, 5.41) is 6.56. The number of para-hydroxylation sites is 1. The number of ether oxygens (including phenoxy) is 1. The Labute approximate surface area is 166 Å². The molecule has 1 heterocycles. The lowest BCUT2D eigenvalue weighted by atomic mass is 10.2. The number of benzene rings is 1. The number of nitrogens with one attached hydrogen (secondary N) is 2. The molecule has 138 valence electrons. The minimum Gasteiger partial charge on any atom is -0.492 e. The molecule has 0 radical (unpaired) electrons. The van der Waals surface area contributed by atoms with Crippen LogP contribution in [0.5, 0.6) is 5.75 Å². The van der Waals surface area contributed by atoms with E-state index in [1.807, 2.05) is 56.6 Å². The van der Waals surface area contributed by atoms with Crippen molar-refractivity contribution in [3.63, 3.8) is 0 Å². The molecule has 1 aromatic carbocycles. The van der Waals surface area contributed by atoms with Gasteiger partial charge in [-0.1, -0.05) is 18.2 Å². The maximum atomic E-state index is 5.66. The molecule has 2 N–H and O–H groups in total. The van der Waals surface area contributed by atoms with Crippen molar-refractivity contribution >= 4 is 29.9 Å². The second kappa shape index (κ2) is 11.8. The van der Waals surface area contributed by atoms with E-state index in [1.165, 1.54) is 0 Å². The molecule has 2 aromatic rings. The van der Waals surface area contributed by atoms with Crippen molar-refractivity contribution in [3.8, 4) is 5.75 Å². The van der Waals surface area contributed by atoms with Gasteiger partial charge in [0.25, 0.3) is 0 Å². The second-order valence-electron chi connectivity index (χ2n) is 5.54. The third-order valence-electron chi connectivity index (χ3n) is 3.59. The van der Waals surface area contributed by atoms with Crippen molar-refractivity contribution in [1.29, 1.82) is 0 Å². The molecule has 0 aliphatic rings. The summed E-state index contributed by atoms with van der Waals surface area (Å²) in [6.07, 6.45) is 1.69. The first-order valence-electron chi connectivity index (χ1n) is 8.03. The van der Waals surface area contributed by atoms with Gasteiger partial charge in [-0.05, 0) is 38.4 Å². The zero-order chi connectivity index (χ0) is 17.2. The van der Waals surface area contributed by atoms with Gasteiger partial charge in [-0.3, -0.25) is 9.89 Å². The van der Waals surface area contributed by atoms with Crippen molar-refractivity contribution in [3.05, 3.63) is 54.5 Å². The zero-order valence-electron chi connectivity index (χ0n) is 14.9. The average molecular weight is 458 g/mol. The number of aliphatic imine (C=N–C) groups is 1. The summed E-state index contributed by atoms with van der Waals surface area (Å²) in [7, 11) is 5.81. The van der Waals surface area contributed by atoms with Gasteiger partial charge in [-0.25, -0.2) is 0 Å². The molecule has 2 rings (SSSR count). The molecule has 0 spiro atoms. The minimum atomic E-state index is 0. The van der Waals surface area contributed by atoms with Crippen LogP contribution in [0, 0.1) is 0 Å². The highest BCUT2D eigenvalue weighted by molar-refractivity contribution is 14.0. The molecule has 0 bridgehead atoms. The van der Waals surface area contributed by atoms with E-state index in [0.29, 0.717) is 19.7 Å². The number of nitrogens with zero attached hydrogens (tertiary/aromatic N) is 2. The Morgan fingerprint density at radius 3 is 2.52 bits per heavy atom. The van der Waals surface area contributed by atoms with Gasteiger partial charge in [0.2, 0.25) is 0 Å². The molecule has 1 unspecified atom stereocenters. The van der Waals surface area contributed by atoms with Crippen molar-refractivity contribution in [2.45, 2.75) is 6.04 Å². The van der Waals surface area contributed by atoms with Crippen LogP contribution < -0.4 is 15.4 Å². The van der Waals surface area contributed by atoms with Crippen LogP contribution in [0.4, 0.5) is 0 Å². The number of furan rings is 1. The Morgan fingerprint density at radius 1 is 1.16 bits per heavy atom. The van der Waals surface area contributed by atoms with E-state index in [2.05, 4.69) is 20.5 Å². The summed E-state index contributed by atoms with van der Waals surface area (Å²) in [6, 6.07) is 13.8. The standard InChI is InChI=1S/C18H26N4O2.HI/c1-19-18(20-11-13-23-15-8-5-4-6-9-15)21-14-16(22(2)3)17-10-7-12-24-17;/h4-10,12,16H,11,13-14H2,1-3H3,(H2,19,20,21);1H. The van der Waals surface area contributed by atoms with Crippen LogP contribution in [-0.4, -0.2) is 51.7 Å². The van der Waals surface area contributed by atoms with Crippen molar-refractivity contribution in [1.82, 2.24) is 15.5 Å². The van der Waals surface area contributed by atoms with E-state index in [-0.39, 0.29) is 30.0 Å². The van der Waals surface area contributed by atoms with E-state index in [1.54, 1.807) is 13.3 Å². The summed E-state index contributed by atoms with van der Waals surface area (Å²) in [5.74, 6) is 2.54. The summed E-state index contributed by atoms with van der Waals surface area (Å²) in [5.41, 5.74) is 0. The lowest BCUT2D eigenvalue weighted by molar-refractivity contribution is 0.258. The SMILES string of the molecule is CN=C(NCCOc1ccccc1)NCC(c1ccco1)N(C)C.I. The van der Waals surface area contributed by atoms with E-state index in [9.17, 15) is 0 Å². The molecule has 0 fully saturated rings. The summed E-state index contributed by atoms with van der Waals surface area (Å²) in [6.45, 7) is 1.93. The van der Waals surface area contributed by atoms with Crippen molar-refractivity contribution in [2.75, 3.05) is 40.8 Å². The highest BCUT2D eigenvalue weighted by Gasteiger charge is 2.17. The molecule has 0 amide bonds. The highest BCUT2D eigenvalue weighted by atomic mass is 127. The van der Waals surface area contributed by atoms with Crippen LogP contribution in [0.15, 0.2) is 58.1 Å². The molecule has 0 saturated carbocycles. The first-order valence-corrected chi connectivity index (χ1v) is 8.03. The Kier molecular flexibility index (Phi) is 10.0. The topological polar surface area (TPSA) is 62.0 Å². The predicted octanol–water partition coefficient (Wildman–Crippen LogP) is 2.74. The van der Waals surface area contributed by atoms with Gasteiger partial charge in [0.15, 0.2) is 5.96 Å². The fourth-order valence-corrected chi connectivity index (χ4v) is 2.29. The van der Waals surface area contributed by atoms with Gasteiger partial charge in [0.1, 0.15) is 18.1 Å². The quantitative estimate of drug-likeness (QED) is 0.276. The average Bonchev–Trinajstić information content (AvgIpc) is 3.12. The van der Waals surface area contributed by atoms with Gasteiger partial charge in [0.05, 0.1) is 18.8 Å². The number of hydrogen-bond donors (Lipinski definition) is 2. The van der Waals surface area contributed by atoms with E-state index in [0.717, 1.165) is 17.5 Å². The number of hydrogen-bond acceptors (Lipinski definition) is 4. The van der Waals surface area contributed by atoms with Crippen molar-refractivity contribution < 1.29 is 9.15 Å². The molecule has 0 aliphatic carbocycles. The molecule has 25 heavy (non-hydrogen) atoms. The van der Waals surface area contributed by atoms with E-state index < -0.39 is 0 Å². The Balaban J connectivity index is 0.00000312. The first kappa shape index (κ1) is 21.3. The van der Waals surface area contributed by atoms with Gasteiger partial charge < -0.3 is 19.8 Å². The fraction of sp³-hybridized carbons (Fsp3) is 0.389. The Hall–Kier alpha value is -1.74. The maximum Gasteiger partial charge on any atom is 0.191 e. The number of rotatable bonds is 8. The summed E-state index contributed by atoms with van der Waals surface area (Å²) >= 11 is 0. The number of guanidine groups is 1. The Bertz CT molecular complexity index is 603. The maximum absolute atomic E-state index is 5.66. The van der Waals surface area contributed by atoms with Crippen molar-refractivity contribution in [2.24, 2.45) is 4.99 Å². The van der Waals surface area contributed by atoms with E-state index >= 15 is 0 Å². The summed E-state index contributed by atoms with van der Waals surface area (Å²) < 4.78 is 11.2. The van der Waals surface area contributed by atoms with Gasteiger partial charge in [0, 0.05) is 13.6 Å². The minimum absolute atomic E-state index is 0. The predicted molar refractivity (Wildman–Crippen MR) is 112 cm³/mol. The largest absolute Gasteiger partial charge is 0.492 e. The van der Waals surface area contributed by atoms with Crippen LogP contribution in [0.2, 0.25) is 0 Å². The zero-order valence-corrected chi connectivity index (χ0v) is 17.3. The summed E-state index contributed by atoms with van der Waals surface area (Å²) in [4.78, 5) is 6.34.